The summed E-state index contributed by atoms with van der Waals surface area (Å²) >= 11 is 0. The van der Waals surface area contributed by atoms with Crippen molar-refractivity contribution in [2.75, 3.05) is 5.32 Å². The van der Waals surface area contributed by atoms with Gasteiger partial charge in [0.25, 0.3) is 0 Å². The molecule has 130 valence electrons. The molecule has 0 fully saturated rings. The lowest BCUT2D eigenvalue weighted by molar-refractivity contribution is 0.429. The van der Waals surface area contributed by atoms with Gasteiger partial charge in [-0.3, -0.25) is 0 Å². The minimum atomic E-state index is 0.338. The SMILES string of the molecule is C1=C[C@@H]2c3c(ccc4ccccc34)N[C@H](c3cccc4ccccc34)[C@@H]2C1. The fourth-order valence-corrected chi connectivity index (χ4v) is 5.21. The summed E-state index contributed by atoms with van der Waals surface area (Å²) < 4.78 is 0. The van der Waals surface area contributed by atoms with Crippen LogP contribution < -0.4 is 5.32 Å². The maximum atomic E-state index is 3.93. The molecule has 1 N–H and O–H groups in total. The minimum absolute atomic E-state index is 0.338. The van der Waals surface area contributed by atoms with Gasteiger partial charge in [0.1, 0.15) is 0 Å². The third kappa shape index (κ3) is 2.18. The number of anilines is 1. The molecule has 1 nitrogen and oxygen atoms in total. The molecule has 2 aliphatic rings. The molecule has 4 aromatic rings. The quantitative estimate of drug-likeness (QED) is 0.373. The van der Waals surface area contributed by atoms with Crippen LogP contribution in [-0.2, 0) is 0 Å². The molecule has 1 heteroatoms. The first-order chi connectivity index (χ1) is 13.4. The average Bonchev–Trinajstić information content (AvgIpc) is 3.22. The van der Waals surface area contributed by atoms with Crippen LogP contribution in [0.3, 0.4) is 0 Å². The van der Waals surface area contributed by atoms with E-state index in [0.717, 1.165) is 6.42 Å². The Morgan fingerprint density at radius 1 is 0.704 bits per heavy atom. The monoisotopic (exact) mass is 347 g/mol. The normalized spacial score (nSPS) is 23.2. The van der Waals surface area contributed by atoms with Crippen LogP contribution in [0.1, 0.15) is 29.5 Å². The molecular formula is C26H21N. The van der Waals surface area contributed by atoms with Crippen molar-refractivity contribution < 1.29 is 0 Å². The Morgan fingerprint density at radius 3 is 2.33 bits per heavy atom. The van der Waals surface area contributed by atoms with Crippen molar-refractivity contribution in [1.29, 1.82) is 0 Å². The summed E-state index contributed by atoms with van der Waals surface area (Å²) in [6, 6.07) is 29.1. The van der Waals surface area contributed by atoms with Gasteiger partial charge in [0.15, 0.2) is 0 Å². The van der Waals surface area contributed by atoms with Crippen LogP contribution in [0.5, 0.6) is 0 Å². The minimum Gasteiger partial charge on any atom is -0.378 e. The van der Waals surface area contributed by atoms with E-state index in [1.54, 1.807) is 0 Å². The molecule has 0 spiro atoms. The van der Waals surface area contributed by atoms with Gasteiger partial charge in [-0.15, -0.1) is 0 Å². The number of nitrogens with one attached hydrogen (secondary N) is 1. The number of rotatable bonds is 1. The van der Waals surface area contributed by atoms with Crippen molar-refractivity contribution in [2.45, 2.75) is 18.4 Å². The van der Waals surface area contributed by atoms with E-state index in [0.29, 0.717) is 17.9 Å². The first kappa shape index (κ1) is 15.0. The summed E-state index contributed by atoms with van der Waals surface area (Å²) in [5.74, 6) is 1.05. The Balaban J connectivity index is 1.57. The largest absolute Gasteiger partial charge is 0.378 e. The Bertz CT molecular complexity index is 1200. The van der Waals surface area contributed by atoms with Gasteiger partial charge < -0.3 is 5.32 Å². The third-order valence-electron chi connectivity index (χ3n) is 6.41. The van der Waals surface area contributed by atoms with Gasteiger partial charge in [-0.2, -0.15) is 0 Å². The van der Waals surface area contributed by atoms with Gasteiger partial charge in [-0.1, -0.05) is 84.9 Å². The number of fused-ring (bicyclic) bond motifs is 6. The lowest BCUT2D eigenvalue weighted by Gasteiger charge is -2.38. The second-order valence-electron chi connectivity index (χ2n) is 7.79. The number of hydrogen-bond acceptors (Lipinski definition) is 1. The summed E-state index contributed by atoms with van der Waals surface area (Å²) in [5, 5.41) is 9.34. The van der Waals surface area contributed by atoms with Gasteiger partial charge in [-0.25, -0.2) is 0 Å². The molecule has 0 amide bonds. The highest BCUT2D eigenvalue weighted by molar-refractivity contribution is 5.92. The zero-order valence-corrected chi connectivity index (χ0v) is 15.1. The third-order valence-corrected chi connectivity index (χ3v) is 6.41. The van der Waals surface area contributed by atoms with Crippen LogP contribution in [-0.4, -0.2) is 0 Å². The predicted octanol–water partition coefficient (Wildman–Crippen LogP) is 6.82. The van der Waals surface area contributed by atoms with Gasteiger partial charge in [-0.05, 0) is 51.1 Å². The van der Waals surface area contributed by atoms with Gasteiger partial charge in [0.2, 0.25) is 0 Å². The van der Waals surface area contributed by atoms with Gasteiger partial charge in [0, 0.05) is 11.6 Å². The molecule has 3 atom stereocenters. The van der Waals surface area contributed by atoms with E-state index in [4.69, 9.17) is 0 Å². The first-order valence-electron chi connectivity index (χ1n) is 9.83. The Kier molecular flexibility index (Phi) is 3.19. The summed E-state index contributed by atoms with van der Waals surface area (Å²) in [7, 11) is 0. The van der Waals surface area contributed by atoms with E-state index < -0.39 is 0 Å². The fourth-order valence-electron chi connectivity index (χ4n) is 5.21. The first-order valence-corrected chi connectivity index (χ1v) is 9.83. The molecule has 0 unspecified atom stereocenters. The van der Waals surface area contributed by atoms with E-state index in [-0.39, 0.29) is 0 Å². The second-order valence-corrected chi connectivity index (χ2v) is 7.79. The highest BCUT2D eigenvalue weighted by atomic mass is 15.0. The fraction of sp³-hybridized carbons (Fsp3) is 0.154. The van der Waals surface area contributed by atoms with E-state index >= 15 is 0 Å². The summed E-state index contributed by atoms with van der Waals surface area (Å²) in [4.78, 5) is 0. The smallest absolute Gasteiger partial charge is 0.0560 e. The Labute approximate surface area is 159 Å². The predicted molar refractivity (Wildman–Crippen MR) is 114 cm³/mol. The Morgan fingerprint density at radius 2 is 1.44 bits per heavy atom. The molecule has 1 aliphatic heterocycles. The van der Waals surface area contributed by atoms with E-state index in [1.165, 1.54) is 38.4 Å². The van der Waals surface area contributed by atoms with Crippen molar-refractivity contribution in [3.8, 4) is 0 Å². The van der Waals surface area contributed by atoms with Gasteiger partial charge >= 0.3 is 0 Å². The topological polar surface area (TPSA) is 12.0 Å². The summed E-state index contributed by atoms with van der Waals surface area (Å²) in [6.07, 6.45) is 5.95. The summed E-state index contributed by atoms with van der Waals surface area (Å²) in [6.45, 7) is 0. The molecule has 0 saturated carbocycles. The molecular weight excluding hydrogens is 326 g/mol. The van der Waals surface area contributed by atoms with Crippen molar-refractivity contribution in [1.82, 2.24) is 0 Å². The lowest BCUT2D eigenvalue weighted by Crippen LogP contribution is -2.29. The highest BCUT2D eigenvalue weighted by Crippen LogP contribution is 2.52. The second kappa shape index (κ2) is 5.72. The van der Waals surface area contributed by atoms with Gasteiger partial charge in [0.05, 0.1) is 6.04 Å². The summed E-state index contributed by atoms with van der Waals surface area (Å²) in [5.41, 5.74) is 4.19. The molecule has 0 radical (unpaired) electrons. The average molecular weight is 347 g/mol. The van der Waals surface area contributed by atoms with Crippen molar-refractivity contribution in [3.63, 3.8) is 0 Å². The van der Waals surface area contributed by atoms with Crippen molar-refractivity contribution >= 4 is 27.2 Å². The maximum Gasteiger partial charge on any atom is 0.0560 e. The Hall–Kier alpha value is -3.06. The maximum absolute atomic E-state index is 3.93. The van der Waals surface area contributed by atoms with Crippen LogP contribution in [0, 0.1) is 5.92 Å². The van der Waals surface area contributed by atoms with Crippen molar-refractivity contribution in [3.05, 3.63) is 102 Å². The van der Waals surface area contributed by atoms with E-state index in [9.17, 15) is 0 Å². The van der Waals surface area contributed by atoms with E-state index in [2.05, 4.69) is 96.3 Å². The zero-order valence-electron chi connectivity index (χ0n) is 15.1. The van der Waals surface area contributed by atoms with Crippen LogP contribution in [0.2, 0.25) is 0 Å². The molecule has 1 aliphatic carbocycles. The molecule has 4 aromatic carbocycles. The van der Waals surface area contributed by atoms with Crippen LogP contribution >= 0.6 is 0 Å². The molecule has 1 heterocycles. The number of hydrogen-bond donors (Lipinski definition) is 1. The van der Waals surface area contributed by atoms with Crippen LogP contribution in [0.15, 0.2) is 91.0 Å². The van der Waals surface area contributed by atoms with Crippen LogP contribution in [0.25, 0.3) is 21.5 Å². The highest BCUT2D eigenvalue weighted by Gasteiger charge is 2.39. The molecule has 27 heavy (non-hydrogen) atoms. The lowest BCUT2D eigenvalue weighted by atomic mass is 9.75. The zero-order chi connectivity index (χ0) is 17.8. The van der Waals surface area contributed by atoms with Crippen LogP contribution in [0.4, 0.5) is 5.69 Å². The number of benzene rings is 4. The standard InChI is InChI=1S/C26H21N/c1-3-10-19-17(7-1)9-5-13-22(19)26-23-14-6-12-21(23)25-20-11-4-2-8-18(20)15-16-24(25)27-26/h1-13,15-16,21,23,26-27H,14H2/t21-,23+,26+/m0/s1. The molecule has 0 aromatic heterocycles. The molecule has 0 bridgehead atoms. The molecule has 6 rings (SSSR count). The van der Waals surface area contributed by atoms with E-state index in [1.807, 2.05) is 0 Å². The number of allylic oxidation sites excluding steroid dienone is 2. The van der Waals surface area contributed by atoms with Crippen molar-refractivity contribution in [2.24, 2.45) is 5.92 Å². The molecule has 0 saturated heterocycles.